The van der Waals surface area contributed by atoms with Crippen molar-refractivity contribution >= 4 is 39.3 Å². The Balaban J connectivity index is 1.98. The topological polar surface area (TPSA) is 81.7 Å². The van der Waals surface area contributed by atoms with Gasteiger partial charge >= 0.3 is 11.9 Å². The lowest BCUT2D eigenvalue weighted by Crippen LogP contribution is -2.35. The Hall–Kier alpha value is -2.15. The number of rotatable bonds is 11. The first-order valence-corrected chi connectivity index (χ1v) is 11.8. The van der Waals surface area contributed by atoms with Crippen LogP contribution in [0, 0.1) is 11.8 Å². The fourth-order valence-corrected chi connectivity index (χ4v) is 4.22. The molecule has 7 heteroatoms. The first-order chi connectivity index (χ1) is 15.0. The Morgan fingerprint density at radius 3 is 2.29 bits per heavy atom. The van der Waals surface area contributed by atoms with Crippen molar-refractivity contribution in [1.82, 2.24) is 0 Å². The Morgan fingerprint density at radius 1 is 1.06 bits per heavy atom. The van der Waals surface area contributed by atoms with Crippen LogP contribution in [0.15, 0.2) is 34.8 Å². The standard InChI is InChI=1S/C24H32BrNO5/c1-3-30-23(28)21(24(29)31-4-2)22(27)18-13-14-20(19(25)16-18)26-15-9-8-12-17-10-6-5-7-11-17/h8-9,13-14,16-17,21,26H,3-7,10-12,15H2,1-2H3. The van der Waals surface area contributed by atoms with Crippen LogP contribution in [0.2, 0.25) is 0 Å². The Bertz CT molecular complexity index is 768. The maximum absolute atomic E-state index is 12.8. The summed E-state index contributed by atoms with van der Waals surface area (Å²) in [6, 6.07) is 4.94. The molecule has 0 heterocycles. The van der Waals surface area contributed by atoms with E-state index in [-0.39, 0.29) is 18.8 Å². The Kier molecular flexibility index (Phi) is 10.8. The number of ketones is 1. The molecule has 0 amide bonds. The normalized spacial score (nSPS) is 14.6. The molecule has 1 aliphatic carbocycles. The number of halogens is 1. The number of nitrogens with one attached hydrogen (secondary N) is 1. The van der Waals surface area contributed by atoms with Crippen LogP contribution in [-0.4, -0.2) is 37.5 Å². The molecule has 6 nitrogen and oxygen atoms in total. The van der Waals surface area contributed by atoms with Crippen LogP contribution in [-0.2, 0) is 19.1 Å². The van der Waals surface area contributed by atoms with Gasteiger partial charge in [-0.1, -0.05) is 44.3 Å². The van der Waals surface area contributed by atoms with Crippen LogP contribution in [0.25, 0.3) is 0 Å². The van der Waals surface area contributed by atoms with Crippen LogP contribution >= 0.6 is 15.9 Å². The van der Waals surface area contributed by atoms with Gasteiger partial charge in [-0.05, 0) is 60.3 Å². The van der Waals surface area contributed by atoms with Crippen molar-refractivity contribution in [2.75, 3.05) is 25.1 Å². The molecule has 0 aromatic heterocycles. The number of ether oxygens (including phenoxy) is 2. The minimum absolute atomic E-state index is 0.0723. The SMILES string of the molecule is CCOC(=O)C(C(=O)OCC)C(=O)c1ccc(NCC=CCC2CCCCC2)c(Br)c1. The highest BCUT2D eigenvalue weighted by Gasteiger charge is 2.37. The van der Waals surface area contributed by atoms with Crippen LogP contribution in [0.5, 0.6) is 0 Å². The average Bonchev–Trinajstić information content (AvgIpc) is 2.75. The van der Waals surface area contributed by atoms with Crippen molar-refractivity contribution in [3.05, 3.63) is 40.4 Å². The van der Waals surface area contributed by atoms with Crippen molar-refractivity contribution in [2.45, 2.75) is 52.4 Å². The Morgan fingerprint density at radius 2 is 1.71 bits per heavy atom. The third kappa shape index (κ3) is 7.80. The molecule has 170 valence electrons. The number of hydrogen-bond donors (Lipinski definition) is 1. The van der Waals surface area contributed by atoms with Crippen molar-refractivity contribution in [3.8, 4) is 0 Å². The zero-order valence-corrected chi connectivity index (χ0v) is 19.9. The molecule has 2 rings (SSSR count). The summed E-state index contributed by atoms with van der Waals surface area (Å²) in [4.78, 5) is 37.2. The lowest BCUT2D eigenvalue weighted by molar-refractivity contribution is -0.158. The molecule has 0 spiro atoms. The number of benzene rings is 1. The predicted octanol–water partition coefficient (Wildman–Crippen LogP) is 5.31. The van der Waals surface area contributed by atoms with E-state index in [1.807, 2.05) is 0 Å². The van der Waals surface area contributed by atoms with Gasteiger partial charge in [0.2, 0.25) is 5.92 Å². The highest BCUT2D eigenvalue weighted by atomic mass is 79.9. The van der Waals surface area contributed by atoms with Gasteiger partial charge < -0.3 is 14.8 Å². The van der Waals surface area contributed by atoms with Gasteiger partial charge in [0.15, 0.2) is 5.78 Å². The van der Waals surface area contributed by atoms with Gasteiger partial charge in [0.05, 0.1) is 13.2 Å². The maximum Gasteiger partial charge on any atom is 0.328 e. The summed E-state index contributed by atoms with van der Waals surface area (Å²) in [7, 11) is 0. The molecule has 0 unspecified atom stereocenters. The van der Waals surface area contributed by atoms with Crippen molar-refractivity contribution in [3.63, 3.8) is 0 Å². The van der Waals surface area contributed by atoms with Gasteiger partial charge in [-0.15, -0.1) is 0 Å². The van der Waals surface area contributed by atoms with E-state index in [1.165, 1.54) is 32.1 Å². The van der Waals surface area contributed by atoms with Gasteiger partial charge in [0.1, 0.15) is 0 Å². The Labute approximate surface area is 192 Å². The molecule has 1 N–H and O–H groups in total. The summed E-state index contributed by atoms with van der Waals surface area (Å²) in [6.45, 7) is 4.05. The molecule has 31 heavy (non-hydrogen) atoms. The van der Waals surface area contributed by atoms with Crippen LogP contribution in [0.3, 0.4) is 0 Å². The lowest BCUT2D eigenvalue weighted by Gasteiger charge is -2.19. The third-order valence-electron chi connectivity index (χ3n) is 5.33. The molecule has 1 aromatic rings. The molecule has 0 aliphatic heterocycles. The average molecular weight is 494 g/mol. The number of carbonyl (C=O) groups is 3. The highest BCUT2D eigenvalue weighted by Crippen LogP contribution is 2.27. The summed E-state index contributed by atoms with van der Waals surface area (Å²) >= 11 is 3.46. The maximum atomic E-state index is 12.8. The molecule has 0 atom stereocenters. The van der Waals surface area contributed by atoms with Gasteiger partial charge in [-0.3, -0.25) is 14.4 Å². The number of allylic oxidation sites excluding steroid dienone is 1. The second-order valence-corrected chi connectivity index (χ2v) is 8.44. The van der Waals surface area contributed by atoms with Gasteiger partial charge in [0, 0.05) is 22.3 Å². The highest BCUT2D eigenvalue weighted by molar-refractivity contribution is 9.10. The molecule has 0 radical (unpaired) electrons. The van der Waals surface area contributed by atoms with Crippen molar-refractivity contribution < 1.29 is 23.9 Å². The molecule has 1 fully saturated rings. The number of hydrogen-bond acceptors (Lipinski definition) is 6. The first-order valence-electron chi connectivity index (χ1n) is 11.0. The summed E-state index contributed by atoms with van der Waals surface area (Å²) in [5, 5.41) is 3.30. The van der Waals surface area contributed by atoms with Crippen LogP contribution < -0.4 is 5.32 Å². The molecular formula is C24H32BrNO5. The molecular weight excluding hydrogens is 462 g/mol. The summed E-state index contributed by atoms with van der Waals surface area (Å²) in [5.74, 6) is -3.24. The van der Waals surface area contributed by atoms with Gasteiger partial charge in [-0.25, -0.2) is 0 Å². The molecule has 1 aromatic carbocycles. The number of anilines is 1. The van der Waals surface area contributed by atoms with E-state index in [4.69, 9.17) is 9.47 Å². The molecule has 0 bridgehead atoms. The predicted molar refractivity (Wildman–Crippen MR) is 124 cm³/mol. The summed E-state index contributed by atoms with van der Waals surface area (Å²) in [6.07, 6.45) is 12.2. The number of esters is 2. The smallest absolute Gasteiger partial charge is 0.328 e. The minimum atomic E-state index is -1.62. The minimum Gasteiger partial charge on any atom is -0.465 e. The number of carbonyl (C=O) groups excluding carboxylic acids is 3. The van der Waals surface area contributed by atoms with E-state index in [2.05, 4.69) is 33.4 Å². The van der Waals surface area contributed by atoms with E-state index >= 15 is 0 Å². The van der Waals surface area contributed by atoms with Crippen molar-refractivity contribution in [1.29, 1.82) is 0 Å². The first kappa shape index (κ1) is 25.1. The monoisotopic (exact) mass is 493 g/mol. The molecule has 0 saturated heterocycles. The molecule has 1 aliphatic rings. The third-order valence-corrected chi connectivity index (χ3v) is 5.99. The second-order valence-electron chi connectivity index (χ2n) is 7.59. The number of Topliss-reactive ketones (excluding diaryl/α,β-unsaturated/α-hetero) is 1. The van der Waals surface area contributed by atoms with E-state index in [0.717, 1.165) is 18.0 Å². The lowest BCUT2D eigenvalue weighted by atomic mass is 9.87. The zero-order valence-electron chi connectivity index (χ0n) is 18.3. The second kappa shape index (κ2) is 13.3. The van der Waals surface area contributed by atoms with E-state index in [1.54, 1.807) is 32.0 Å². The molecule has 1 saturated carbocycles. The van der Waals surface area contributed by atoms with Crippen LogP contribution in [0.4, 0.5) is 5.69 Å². The largest absolute Gasteiger partial charge is 0.465 e. The fourth-order valence-electron chi connectivity index (χ4n) is 3.70. The van der Waals surface area contributed by atoms with E-state index < -0.39 is 23.6 Å². The van der Waals surface area contributed by atoms with Crippen molar-refractivity contribution in [2.24, 2.45) is 11.8 Å². The quantitative estimate of drug-likeness (QED) is 0.194. The van der Waals surface area contributed by atoms with E-state index in [0.29, 0.717) is 11.0 Å². The summed E-state index contributed by atoms with van der Waals surface area (Å²) in [5.41, 5.74) is 1.05. The zero-order chi connectivity index (χ0) is 22.6. The van der Waals surface area contributed by atoms with Gasteiger partial charge in [-0.2, -0.15) is 0 Å². The fraction of sp³-hybridized carbons (Fsp3) is 0.542. The van der Waals surface area contributed by atoms with Gasteiger partial charge in [0.25, 0.3) is 0 Å². The van der Waals surface area contributed by atoms with E-state index in [9.17, 15) is 14.4 Å². The summed E-state index contributed by atoms with van der Waals surface area (Å²) < 4.78 is 10.5. The van der Waals surface area contributed by atoms with Crippen LogP contribution in [0.1, 0.15) is 62.7 Å².